The van der Waals surface area contributed by atoms with Gasteiger partial charge in [-0.1, -0.05) is 6.07 Å². The molecule has 1 N–H and O–H groups in total. The lowest BCUT2D eigenvalue weighted by atomic mass is 9.99. The lowest BCUT2D eigenvalue weighted by Gasteiger charge is -2.31. The van der Waals surface area contributed by atoms with Crippen LogP contribution < -0.4 is 5.32 Å². The van der Waals surface area contributed by atoms with Gasteiger partial charge in [-0.05, 0) is 38.8 Å². The zero-order valence-corrected chi connectivity index (χ0v) is 18.9. The predicted molar refractivity (Wildman–Crippen MR) is 114 cm³/mol. The molecule has 11 heteroatoms. The summed E-state index contributed by atoms with van der Waals surface area (Å²) in [5.74, 6) is -0.533. The number of carbonyl (C=O) groups excluding carboxylic acids is 1. The van der Waals surface area contributed by atoms with Gasteiger partial charge < -0.3 is 14.8 Å². The average molecular weight is 457 g/mol. The van der Waals surface area contributed by atoms with Crippen molar-refractivity contribution >= 4 is 38.7 Å². The third-order valence-corrected chi connectivity index (χ3v) is 7.45. The Balaban J connectivity index is 1.62. The van der Waals surface area contributed by atoms with Crippen LogP contribution in [-0.4, -0.2) is 66.5 Å². The van der Waals surface area contributed by atoms with E-state index in [2.05, 4.69) is 14.1 Å². The van der Waals surface area contributed by atoms with Crippen LogP contribution in [-0.2, 0) is 24.3 Å². The Labute approximate surface area is 181 Å². The molecule has 0 bridgehead atoms. The fraction of sp³-hybridized carbons (Fsp3) is 0.632. The zero-order valence-electron chi connectivity index (χ0n) is 17.2. The molecule has 1 aliphatic heterocycles. The summed E-state index contributed by atoms with van der Waals surface area (Å²) in [6.45, 7) is 5.81. The smallest absolute Gasteiger partial charge is 0.245 e. The number of ether oxygens (including phenoxy) is 2. The molecule has 0 saturated carbocycles. The first-order valence-corrected chi connectivity index (χ1v) is 12.4. The minimum Gasteiger partial charge on any atom is -0.356 e. The Bertz CT molecular complexity index is 943. The molecule has 1 aromatic heterocycles. The number of carbonyl (C=O) groups is 1. The molecule has 1 aliphatic rings. The van der Waals surface area contributed by atoms with Gasteiger partial charge >= 0.3 is 0 Å². The maximum Gasteiger partial charge on any atom is 0.245 e. The molecule has 166 valence electrons. The van der Waals surface area contributed by atoms with Crippen LogP contribution in [0.3, 0.4) is 0 Å². The fourth-order valence-electron chi connectivity index (χ4n) is 3.55. The molecule has 1 fully saturated rings. The minimum atomic E-state index is -3.76. The van der Waals surface area contributed by atoms with Gasteiger partial charge in [-0.2, -0.15) is 13.1 Å². The van der Waals surface area contributed by atoms with Crippen molar-refractivity contribution in [2.24, 2.45) is 5.92 Å². The quantitative estimate of drug-likeness (QED) is 0.544. The highest BCUT2D eigenvalue weighted by Crippen LogP contribution is 2.28. The van der Waals surface area contributed by atoms with E-state index in [1.54, 1.807) is 18.2 Å². The van der Waals surface area contributed by atoms with Crippen LogP contribution in [0.1, 0.15) is 33.1 Å². The number of sulfonamides is 1. The summed E-state index contributed by atoms with van der Waals surface area (Å²) in [5.41, 5.74) is 0.942. The van der Waals surface area contributed by atoms with E-state index >= 15 is 0 Å². The van der Waals surface area contributed by atoms with Crippen LogP contribution in [0, 0.1) is 5.92 Å². The average Bonchev–Trinajstić information content (AvgIpc) is 3.23. The van der Waals surface area contributed by atoms with Gasteiger partial charge in [0.25, 0.3) is 0 Å². The van der Waals surface area contributed by atoms with Crippen molar-refractivity contribution in [1.82, 2.24) is 18.4 Å². The van der Waals surface area contributed by atoms with Crippen molar-refractivity contribution in [3.05, 3.63) is 18.2 Å². The van der Waals surface area contributed by atoms with Crippen molar-refractivity contribution in [3.63, 3.8) is 0 Å². The van der Waals surface area contributed by atoms with Crippen LogP contribution in [0.5, 0.6) is 0 Å². The van der Waals surface area contributed by atoms with Crippen LogP contribution in [0.2, 0.25) is 0 Å². The van der Waals surface area contributed by atoms with Crippen LogP contribution >= 0.6 is 11.7 Å². The normalized spacial score (nSPS) is 18.2. The van der Waals surface area contributed by atoms with Gasteiger partial charge in [0.15, 0.2) is 6.29 Å². The molecule has 2 heterocycles. The second-order valence-electron chi connectivity index (χ2n) is 7.01. The molecule has 30 heavy (non-hydrogen) atoms. The van der Waals surface area contributed by atoms with Gasteiger partial charge in [-0.15, -0.1) is 0 Å². The van der Waals surface area contributed by atoms with Gasteiger partial charge in [0, 0.05) is 39.3 Å². The number of nitrogens with one attached hydrogen (secondary N) is 1. The van der Waals surface area contributed by atoms with E-state index in [0.29, 0.717) is 56.6 Å². The maximum atomic E-state index is 13.2. The van der Waals surface area contributed by atoms with E-state index in [4.69, 9.17) is 9.47 Å². The highest BCUT2D eigenvalue weighted by Gasteiger charge is 2.34. The highest BCUT2D eigenvalue weighted by atomic mass is 32.2. The fourth-order valence-corrected chi connectivity index (χ4v) is 5.82. The van der Waals surface area contributed by atoms with Crippen molar-refractivity contribution in [2.45, 2.75) is 44.3 Å². The zero-order chi connectivity index (χ0) is 21.6. The number of hydrogen-bond acceptors (Lipinski definition) is 8. The molecule has 0 unspecified atom stereocenters. The second kappa shape index (κ2) is 10.6. The Morgan fingerprint density at radius 3 is 2.80 bits per heavy atom. The molecule has 1 amide bonds. The summed E-state index contributed by atoms with van der Waals surface area (Å²) in [4.78, 5) is 12.8. The topological polar surface area (TPSA) is 111 Å². The predicted octanol–water partition coefficient (Wildman–Crippen LogP) is 2.00. The van der Waals surface area contributed by atoms with E-state index in [0.717, 1.165) is 11.7 Å². The van der Waals surface area contributed by atoms with Crippen LogP contribution in [0.25, 0.3) is 11.0 Å². The molecular formula is C19H28N4O5S2. The second-order valence-corrected chi connectivity index (χ2v) is 9.45. The third-order valence-electron chi connectivity index (χ3n) is 5.01. The maximum absolute atomic E-state index is 13.2. The highest BCUT2D eigenvalue weighted by molar-refractivity contribution is 7.89. The summed E-state index contributed by atoms with van der Waals surface area (Å²) in [7, 11) is -3.76. The Morgan fingerprint density at radius 2 is 2.07 bits per heavy atom. The van der Waals surface area contributed by atoms with Crippen molar-refractivity contribution in [1.29, 1.82) is 0 Å². The molecule has 2 aromatic rings. The molecule has 0 aliphatic carbocycles. The number of piperidine rings is 1. The lowest BCUT2D eigenvalue weighted by molar-refractivity contribution is -0.140. The van der Waals surface area contributed by atoms with Gasteiger partial charge in [-0.3, -0.25) is 4.79 Å². The van der Waals surface area contributed by atoms with E-state index in [9.17, 15) is 13.2 Å². The Hall–Kier alpha value is -1.66. The van der Waals surface area contributed by atoms with Crippen LogP contribution in [0.4, 0.5) is 0 Å². The van der Waals surface area contributed by atoms with Crippen LogP contribution in [0.15, 0.2) is 23.1 Å². The molecule has 0 radical (unpaired) electrons. The van der Waals surface area contributed by atoms with Gasteiger partial charge in [0.05, 0.1) is 17.6 Å². The van der Waals surface area contributed by atoms with E-state index in [-0.39, 0.29) is 29.6 Å². The Kier molecular flexibility index (Phi) is 8.12. The van der Waals surface area contributed by atoms with Gasteiger partial charge in [0.1, 0.15) is 15.9 Å². The number of rotatable bonds is 10. The van der Waals surface area contributed by atoms with Crippen molar-refractivity contribution in [3.8, 4) is 0 Å². The number of amides is 1. The molecule has 9 nitrogen and oxygen atoms in total. The molecule has 1 aromatic carbocycles. The molecule has 1 saturated heterocycles. The number of aromatic nitrogens is 2. The monoisotopic (exact) mass is 456 g/mol. The SMILES string of the molecule is CCOC(CCNC(=O)[C@@H]1CCCN(S(=O)(=O)c2cccc3nsnc23)C1)OCC. The van der Waals surface area contributed by atoms with Crippen molar-refractivity contribution in [2.75, 3.05) is 32.8 Å². The third kappa shape index (κ3) is 5.33. The molecule has 1 atom stereocenters. The summed E-state index contributed by atoms with van der Waals surface area (Å²) in [6.07, 6.45) is 1.47. The number of hydrogen-bond donors (Lipinski definition) is 1. The standard InChI is InChI=1S/C19H28N4O5S2/c1-3-27-17(28-4-2)10-11-20-19(24)14-7-6-12-23(13-14)30(25,26)16-9-5-8-15-18(16)22-29-21-15/h5,8-9,14,17H,3-4,6-7,10-13H2,1-2H3,(H,20,24)/t14-/m1/s1. The number of nitrogens with zero attached hydrogens (tertiary/aromatic N) is 3. The lowest BCUT2D eigenvalue weighted by Crippen LogP contribution is -2.45. The summed E-state index contributed by atoms with van der Waals surface area (Å²) >= 11 is 0.986. The first-order valence-electron chi connectivity index (χ1n) is 10.2. The number of fused-ring (bicyclic) bond motifs is 1. The first-order chi connectivity index (χ1) is 14.5. The molecule has 0 spiro atoms. The van der Waals surface area contributed by atoms with E-state index < -0.39 is 10.0 Å². The van der Waals surface area contributed by atoms with Gasteiger partial charge in [-0.25, -0.2) is 8.42 Å². The largest absolute Gasteiger partial charge is 0.356 e. The molecule has 3 rings (SSSR count). The molecular weight excluding hydrogens is 428 g/mol. The summed E-state index contributed by atoms with van der Waals surface area (Å²) in [6, 6.07) is 4.95. The summed E-state index contributed by atoms with van der Waals surface area (Å²) in [5, 5.41) is 2.90. The number of benzene rings is 1. The first kappa shape index (κ1) is 23.0. The minimum absolute atomic E-state index is 0.143. The Morgan fingerprint density at radius 1 is 1.30 bits per heavy atom. The van der Waals surface area contributed by atoms with E-state index in [1.165, 1.54) is 4.31 Å². The summed E-state index contributed by atoms with van der Waals surface area (Å²) < 4.78 is 47.0. The van der Waals surface area contributed by atoms with E-state index in [1.807, 2.05) is 13.8 Å². The van der Waals surface area contributed by atoms with Gasteiger partial charge in [0.2, 0.25) is 15.9 Å². The van der Waals surface area contributed by atoms with Crippen molar-refractivity contribution < 1.29 is 22.7 Å².